The number of esters is 1. The molecule has 19 heavy (non-hydrogen) atoms. The van der Waals surface area contributed by atoms with Crippen molar-refractivity contribution >= 4 is 27.7 Å². The first-order chi connectivity index (χ1) is 9.08. The average Bonchev–Trinajstić information content (AvgIpc) is 2.40. The summed E-state index contributed by atoms with van der Waals surface area (Å²) in [6, 6.07) is 0. The van der Waals surface area contributed by atoms with Gasteiger partial charge in [-0.2, -0.15) is 0 Å². The standard InChI is InChI=1S/C14H19BrO4/c1-3-6-19-9-10-4-5-13(16)12(15)8-11(7-10)14(17)18-2/h7-8,10H,3-6,9H2,1-2H3/b11-7+,12-8+. The van der Waals surface area contributed by atoms with Gasteiger partial charge in [0.2, 0.25) is 0 Å². The van der Waals surface area contributed by atoms with Crippen LogP contribution in [-0.4, -0.2) is 32.1 Å². The van der Waals surface area contributed by atoms with Crippen molar-refractivity contribution in [3.05, 3.63) is 22.2 Å². The van der Waals surface area contributed by atoms with E-state index < -0.39 is 5.97 Å². The summed E-state index contributed by atoms with van der Waals surface area (Å²) in [5.41, 5.74) is 0.396. The zero-order valence-electron chi connectivity index (χ0n) is 11.3. The fourth-order valence-electron chi connectivity index (χ4n) is 1.79. The van der Waals surface area contributed by atoms with Crippen LogP contribution in [-0.2, 0) is 19.1 Å². The number of Topliss-reactive ketones (excluding diaryl/α,β-unsaturated/α-hetero) is 1. The molecule has 0 saturated carbocycles. The molecule has 1 atom stereocenters. The van der Waals surface area contributed by atoms with Gasteiger partial charge >= 0.3 is 5.97 Å². The van der Waals surface area contributed by atoms with E-state index in [1.54, 1.807) is 0 Å². The summed E-state index contributed by atoms with van der Waals surface area (Å²) >= 11 is 3.19. The molecule has 0 aromatic heterocycles. The largest absolute Gasteiger partial charge is 0.465 e. The topological polar surface area (TPSA) is 52.6 Å². The third-order valence-electron chi connectivity index (χ3n) is 2.81. The normalized spacial score (nSPS) is 25.6. The van der Waals surface area contributed by atoms with Gasteiger partial charge in [-0.1, -0.05) is 13.0 Å². The second kappa shape index (κ2) is 8.27. The molecule has 0 saturated heterocycles. The molecule has 0 aliphatic heterocycles. The maximum absolute atomic E-state index is 11.8. The summed E-state index contributed by atoms with van der Waals surface area (Å²) in [6.07, 6.45) is 5.42. The van der Waals surface area contributed by atoms with Crippen LogP contribution in [0.25, 0.3) is 0 Å². The van der Waals surface area contributed by atoms with E-state index in [-0.39, 0.29) is 11.7 Å². The van der Waals surface area contributed by atoms with Crippen LogP contribution in [0.4, 0.5) is 0 Å². The van der Waals surface area contributed by atoms with Crippen molar-refractivity contribution in [3.8, 4) is 0 Å². The highest BCUT2D eigenvalue weighted by Gasteiger charge is 2.19. The van der Waals surface area contributed by atoms with E-state index in [2.05, 4.69) is 15.9 Å². The molecule has 1 rings (SSSR count). The molecule has 106 valence electrons. The summed E-state index contributed by atoms with van der Waals surface area (Å²) in [6.45, 7) is 3.25. The Morgan fingerprint density at radius 1 is 1.53 bits per heavy atom. The van der Waals surface area contributed by atoms with Gasteiger partial charge in [-0.3, -0.25) is 4.79 Å². The van der Waals surface area contributed by atoms with E-state index in [4.69, 9.17) is 9.47 Å². The summed E-state index contributed by atoms with van der Waals surface area (Å²) < 4.78 is 10.6. The Hall–Kier alpha value is -0.940. The van der Waals surface area contributed by atoms with Gasteiger partial charge in [-0.05, 0) is 34.8 Å². The molecule has 1 aliphatic rings. The summed E-state index contributed by atoms with van der Waals surface area (Å²) in [4.78, 5) is 23.4. The van der Waals surface area contributed by atoms with Gasteiger partial charge in [-0.15, -0.1) is 0 Å². The number of allylic oxidation sites excluding steroid dienone is 1. The lowest BCUT2D eigenvalue weighted by molar-refractivity contribution is -0.135. The van der Waals surface area contributed by atoms with E-state index in [9.17, 15) is 9.59 Å². The average molecular weight is 331 g/mol. The monoisotopic (exact) mass is 330 g/mol. The maximum atomic E-state index is 11.8. The fourth-order valence-corrected chi connectivity index (χ4v) is 2.24. The third-order valence-corrected chi connectivity index (χ3v) is 3.48. The summed E-state index contributed by atoms with van der Waals surface area (Å²) in [7, 11) is 1.33. The number of hydrogen-bond donors (Lipinski definition) is 0. The van der Waals surface area contributed by atoms with Crippen LogP contribution in [0.2, 0.25) is 0 Å². The molecule has 5 heteroatoms. The van der Waals surface area contributed by atoms with Crippen molar-refractivity contribution in [3.63, 3.8) is 0 Å². The Kier molecular flexibility index (Phi) is 7.02. The molecule has 0 amide bonds. The summed E-state index contributed by atoms with van der Waals surface area (Å²) in [5, 5.41) is 0. The van der Waals surface area contributed by atoms with Gasteiger partial charge in [0.15, 0.2) is 5.78 Å². The molecule has 0 fully saturated rings. The van der Waals surface area contributed by atoms with E-state index in [0.717, 1.165) is 6.42 Å². The molecule has 0 bridgehead atoms. The van der Waals surface area contributed by atoms with E-state index >= 15 is 0 Å². The fraction of sp³-hybridized carbons (Fsp3) is 0.571. The minimum absolute atomic E-state index is 0.00463. The van der Waals surface area contributed by atoms with Crippen LogP contribution in [0.1, 0.15) is 26.2 Å². The van der Waals surface area contributed by atoms with Crippen molar-refractivity contribution in [1.82, 2.24) is 0 Å². The highest BCUT2D eigenvalue weighted by atomic mass is 79.9. The van der Waals surface area contributed by atoms with Gasteiger partial charge in [-0.25, -0.2) is 4.79 Å². The number of hydrogen-bond acceptors (Lipinski definition) is 4. The first-order valence-corrected chi connectivity index (χ1v) is 7.16. The highest BCUT2D eigenvalue weighted by molar-refractivity contribution is 9.12. The Morgan fingerprint density at radius 3 is 2.89 bits per heavy atom. The number of ketones is 1. The van der Waals surface area contributed by atoms with Crippen molar-refractivity contribution in [1.29, 1.82) is 0 Å². The molecular formula is C14H19BrO4. The zero-order chi connectivity index (χ0) is 14.3. The van der Waals surface area contributed by atoms with Crippen LogP contribution in [0.3, 0.4) is 0 Å². The molecule has 0 N–H and O–H groups in total. The lowest BCUT2D eigenvalue weighted by Crippen LogP contribution is -2.15. The van der Waals surface area contributed by atoms with E-state index in [1.165, 1.54) is 13.2 Å². The van der Waals surface area contributed by atoms with Gasteiger partial charge in [0.1, 0.15) is 0 Å². The lowest BCUT2D eigenvalue weighted by atomic mass is 9.96. The Balaban J connectivity index is 2.87. The number of carbonyl (C=O) groups excluding carboxylic acids is 2. The number of carbonyl (C=O) groups is 2. The first kappa shape index (κ1) is 16.1. The number of rotatable bonds is 5. The predicted octanol–water partition coefficient (Wildman–Crippen LogP) is 2.77. The predicted molar refractivity (Wildman–Crippen MR) is 76.0 cm³/mol. The number of methoxy groups -OCH3 is 1. The quantitative estimate of drug-likeness (QED) is 0.574. The van der Waals surface area contributed by atoms with Crippen LogP contribution in [0, 0.1) is 5.92 Å². The van der Waals surface area contributed by atoms with Gasteiger partial charge in [0.25, 0.3) is 0 Å². The third kappa shape index (κ3) is 5.28. The molecule has 0 aromatic carbocycles. The lowest BCUT2D eigenvalue weighted by Gasteiger charge is -2.16. The molecule has 4 nitrogen and oxygen atoms in total. The maximum Gasteiger partial charge on any atom is 0.337 e. The van der Waals surface area contributed by atoms with Crippen molar-refractivity contribution in [2.24, 2.45) is 5.92 Å². The molecule has 0 spiro atoms. The van der Waals surface area contributed by atoms with Crippen LogP contribution in [0.15, 0.2) is 22.2 Å². The second-order valence-corrected chi connectivity index (χ2v) is 5.26. The van der Waals surface area contributed by atoms with Gasteiger partial charge in [0, 0.05) is 18.9 Å². The Labute approximate surface area is 122 Å². The van der Waals surface area contributed by atoms with E-state index in [0.29, 0.717) is 36.1 Å². The zero-order valence-corrected chi connectivity index (χ0v) is 12.9. The first-order valence-electron chi connectivity index (χ1n) is 6.36. The van der Waals surface area contributed by atoms with Crippen LogP contribution >= 0.6 is 15.9 Å². The number of ether oxygens (including phenoxy) is 2. The van der Waals surface area contributed by atoms with Crippen molar-refractivity contribution < 1.29 is 19.1 Å². The smallest absolute Gasteiger partial charge is 0.337 e. The highest BCUT2D eigenvalue weighted by Crippen LogP contribution is 2.23. The van der Waals surface area contributed by atoms with Crippen LogP contribution < -0.4 is 0 Å². The molecule has 0 aromatic rings. The van der Waals surface area contributed by atoms with Gasteiger partial charge < -0.3 is 9.47 Å². The van der Waals surface area contributed by atoms with E-state index in [1.807, 2.05) is 13.0 Å². The molecule has 0 radical (unpaired) electrons. The van der Waals surface area contributed by atoms with Gasteiger partial charge in [0.05, 0.1) is 23.8 Å². The Bertz CT molecular complexity index is 398. The molecular weight excluding hydrogens is 312 g/mol. The SMILES string of the molecule is CCCOCC1/C=C(C(=O)OC)\C=C(\Br)C(=O)CC1. The summed E-state index contributed by atoms with van der Waals surface area (Å²) in [5.74, 6) is -0.386. The molecule has 1 unspecified atom stereocenters. The molecule has 0 heterocycles. The molecule has 1 aliphatic carbocycles. The minimum atomic E-state index is -0.438. The number of halogens is 1. The minimum Gasteiger partial charge on any atom is -0.465 e. The Morgan fingerprint density at radius 2 is 2.26 bits per heavy atom. The van der Waals surface area contributed by atoms with Crippen LogP contribution in [0.5, 0.6) is 0 Å². The van der Waals surface area contributed by atoms with Crippen molar-refractivity contribution in [2.75, 3.05) is 20.3 Å². The van der Waals surface area contributed by atoms with Crippen molar-refractivity contribution in [2.45, 2.75) is 26.2 Å². The second-order valence-electron chi connectivity index (χ2n) is 4.40.